The molecule has 3 fully saturated rings. The molecule has 1 amide bonds. The van der Waals surface area contributed by atoms with E-state index in [4.69, 9.17) is 0 Å². The predicted molar refractivity (Wildman–Crippen MR) is 103 cm³/mol. The van der Waals surface area contributed by atoms with Crippen molar-refractivity contribution < 1.29 is 18.0 Å². The molecule has 2 aliphatic heterocycles. The molecule has 1 aromatic heterocycles. The van der Waals surface area contributed by atoms with Gasteiger partial charge < -0.3 is 9.80 Å². The lowest BCUT2D eigenvalue weighted by atomic mass is 9.67. The van der Waals surface area contributed by atoms with Crippen LogP contribution < -0.4 is 15.8 Å². The van der Waals surface area contributed by atoms with Crippen LogP contribution >= 0.6 is 0 Å². The highest BCUT2D eigenvalue weighted by Gasteiger charge is 2.54. The number of carbonyl (C=O) groups excluding carboxylic acids is 1. The summed E-state index contributed by atoms with van der Waals surface area (Å²) in [5, 5.41) is 0. The van der Waals surface area contributed by atoms with Gasteiger partial charge in [0.1, 0.15) is 12.4 Å². The number of nitrogens with zero attached hydrogens (tertiary/aromatic N) is 3. The van der Waals surface area contributed by atoms with Gasteiger partial charge in [0.25, 0.3) is 0 Å². The number of aromatic nitrogens is 1. The molecule has 5 atom stereocenters. The fraction of sp³-hybridized carbons (Fsp3) is 0.700. The molecule has 0 radical (unpaired) electrons. The number of fused-ring (bicyclic) bond motifs is 3. The number of hydrogen-bond donors (Lipinski definition) is 2. The molecule has 2 N–H and O–H groups in total. The van der Waals surface area contributed by atoms with E-state index in [0.717, 1.165) is 35.7 Å². The second kappa shape index (κ2) is 7.75. The second-order valence-corrected chi connectivity index (χ2v) is 8.41. The molecule has 6 nitrogen and oxygen atoms in total. The maximum absolute atomic E-state index is 13.3. The van der Waals surface area contributed by atoms with Crippen molar-refractivity contribution in [2.75, 3.05) is 31.6 Å². The molecule has 9 heteroatoms. The maximum atomic E-state index is 13.3. The summed E-state index contributed by atoms with van der Waals surface area (Å²) in [4.78, 5) is 20.6. The van der Waals surface area contributed by atoms with Crippen LogP contribution in [0.25, 0.3) is 0 Å². The van der Waals surface area contributed by atoms with Crippen LogP contribution in [0, 0.1) is 11.8 Å². The zero-order valence-electron chi connectivity index (χ0n) is 16.7. The number of nitrogens with one attached hydrogen (secondary N) is 2. The number of amides is 1. The number of piperidine rings is 1. The summed E-state index contributed by atoms with van der Waals surface area (Å²) >= 11 is 0. The van der Waals surface area contributed by atoms with Crippen LogP contribution in [0.1, 0.15) is 37.7 Å². The number of pyridine rings is 1. The maximum Gasteiger partial charge on any atom is 0.406 e. The van der Waals surface area contributed by atoms with Crippen LogP contribution in [0.3, 0.4) is 0 Å². The van der Waals surface area contributed by atoms with Crippen molar-refractivity contribution in [3.05, 3.63) is 23.9 Å². The van der Waals surface area contributed by atoms with Crippen LogP contribution in [0.4, 0.5) is 19.0 Å². The summed E-state index contributed by atoms with van der Waals surface area (Å²) in [7, 11) is 1.97. The average molecular weight is 411 g/mol. The highest BCUT2D eigenvalue weighted by molar-refractivity contribution is 5.82. The van der Waals surface area contributed by atoms with Gasteiger partial charge in [0.05, 0.1) is 5.92 Å². The van der Waals surface area contributed by atoms with Gasteiger partial charge in [-0.3, -0.25) is 15.6 Å². The first-order valence-corrected chi connectivity index (χ1v) is 10.3. The van der Waals surface area contributed by atoms with E-state index in [2.05, 4.69) is 20.7 Å². The van der Waals surface area contributed by atoms with Crippen molar-refractivity contribution in [2.45, 2.75) is 50.4 Å². The van der Waals surface area contributed by atoms with E-state index in [1.54, 1.807) is 6.20 Å². The highest BCUT2D eigenvalue weighted by Crippen LogP contribution is 2.46. The van der Waals surface area contributed by atoms with E-state index in [1.165, 1.54) is 0 Å². The molecule has 0 aromatic carbocycles. The lowest BCUT2D eigenvalue weighted by Crippen LogP contribution is -2.63. The van der Waals surface area contributed by atoms with Gasteiger partial charge in [-0.15, -0.1) is 0 Å². The third kappa shape index (κ3) is 3.82. The third-order valence-corrected chi connectivity index (χ3v) is 6.80. The minimum atomic E-state index is -4.40. The standard InChI is InChI=1S/C20H28F3N5O/c1-3-27(2)18-13(5-4-8-24-18)12-6-7-14-16(9-12)28(11-20(21,22)23)19(29)15-10-25-26-17(14)15/h4-5,8,12,14-17,25-26H,3,6-7,9-11H2,1-2H3. The Morgan fingerprint density at radius 2 is 2.14 bits per heavy atom. The fourth-order valence-electron chi connectivity index (χ4n) is 5.35. The molecule has 0 bridgehead atoms. The normalized spacial score (nSPS) is 32.1. The van der Waals surface area contributed by atoms with E-state index in [0.29, 0.717) is 13.0 Å². The first-order valence-electron chi connectivity index (χ1n) is 10.3. The molecule has 5 unspecified atom stereocenters. The van der Waals surface area contributed by atoms with Crippen LogP contribution in [-0.4, -0.2) is 60.7 Å². The highest BCUT2D eigenvalue weighted by atomic mass is 19.4. The van der Waals surface area contributed by atoms with Crippen molar-refractivity contribution in [3.63, 3.8) is 0 Å². The number of rotatable bonds is 4. The second-order valence-electron chi connectivity index (χ2n) is 8.41. The first kappa shape index (κ1) is 20.4. The molecule has 0 spiro atoms. The van der Waals surface area contributed by atoms with Crippen LogP contribution in [-0.2, 0) is 4.79 Å². The molecule has 4 rings (SSSR count). The molecule has 1 aliphatic carbocycles. The predicted octanol–water partition coefficient (Wildman–Crippen LogP) is 2.29. The van der Waals surface area contributed by atoms with Crippen LogP contribution in [0.5, 0.6) is 0 Å². The Morgan fingerprint density at radius 3 is 2.86 bits per heavy atom. The number of likely N-dealkylation sites (tertiary alicyclic amines) is 1. The lowest BCUT2D eigenvalue weighted by molar-refractivity contribution is -0.178. The number of alkyl halides is 3. The van der Waals surface area contributed by atoms with Gasteiger partial charge in [-0.2, -0.15) is 13.2 Å². The zero-order valence-corrected chi connectivity index (χ0v) is 16.7. The van der Waals surface area contributed by atoms with Gasteiger partial charge in [-0.05, 0) is 49.7 Å². The van der Waals surface area contributed by atoms with E-state index < -0.39 is 24.7 Å². The Hall–Kier alpha value is -1.87. The Balaban J connectivity index is 1.64. The Morgan fingerprint density at radius 1 is 1.34 bits per heavy atom. The number of hydrazine groups is 1. The summed E-state index contributed by atoms with van der Waals surface area (Å²) in [6, 6.07) is 3.39. The van der Waals surface area contributed by atoms with Gasteiger partial charge in [0.15, 0.2) is 0 Å². The van der Waals surface area contributed by atoms with Gasteiger partial charge >= 0.3 is 6.18 Å². The minimum absolute atomic E-state index is 0.0235. The Labute approximate surface area is 168 Å². The molecule has 29 heavy (non-hydrogen) atoms. The van der Waals surface area contributed by atoms with E-state index in [1.807, 2.05) is 26.1 Å². The molecule has 160 valence electrons. The molecular formula is C20H28F3N5O. The monoisotopic (exact) mass is 411 g/mol. The van der Waals surface area contributed by atoms with E-state index in [-0.39, 0.29) is 23.8 Å². The Kier molecular flexibility index (Phi) is 5.46. The number of carbonyl (C=O) groups is 1. The third-order valence-electron chi connectivity index (χ3n) is 6.80. The molecule has 3 aliphatic rings. The molecule has 3 heterocycles. The summed E-state index contributed by atoms with van der Waals surface area (Å²) in [6.45, 7) is 2.05. The summed E-state index contributed by atoms with van der Waals surface area (Å²) in [5.74, 6) is 0.180. The van der Waals surface area contributed by atoms with Gasteiger partial charge in [0, 0.05) is 38.4 Å². The average Bonchev–Trinajstić information content (AvgIpc) is 3.19. The van der Waals surface area contributed by atoms with Crippen molar-refractivity contribution in [3.8, 4) is 0 Å². The van der Waals surface area contributed by atoms with Crippen molar-refractivity contribution in [1.29, 1.82) is 0 Å². The van der Waals surface area contributed by atoms with Crippen molar-refractivity contribution >= 4 is 11.7 Å². The SMILES string of the molecule is CCN(C)c1ncccc1C1CCC2C3NNCC3C(=O)N(CC(F)(F)F)C2C1. The first-order chi connectivity index (χ1) is 13.8. The molecule has 2 saturated heterocycles. The van der Waals surface area contributed by atoms with E-state index >= 15 is 0 Å². The lowest BCUT2D eigenvalue weighted by Gasteiger charge is -2.50. The number of halogens is 3. The Bertz CT molecular complexity index is 758. The molecule has 1 saturated carbocycles. The minimum Gasteiger partial charge on any atom is -0.360 e. The molecule has 1 aromatic rings. The number of hydrogen-bond acceptors (Lipinski definition) is 5. The smallest absolute Gasteiger partial charge is 0.360 e. The van der Waals surface area contributed by atoms with Crippen molar-refractivity contribution in [1.82, 2.24) is 20.7 Å². The van der Waals surface area contributed by atoms with Crippen molar-refractivity contribution in [2.24, 2.45) is 11.8 Å². The van der Waals surface area contributed by atoms with E-state index in [9.17, 15) is 18.0 Å². The van der Waals surface area contributed by atoms with Gasteiger partial charge in [-0.25, -0.2) is 4.98 Å². The summed E-state index contributed by atoms with van der Waals surface area (Å²) in [6.07, 6.45) is -0.447. The zero-order chi connectivity index (χ0) is 20.8. The van der Waals surface area contributed by atoms with Crippen LogP contribution in [0.2, 0.25) is 0 Å². The quantitative estimate of drug-likeness (QED) is 0.796. The summed E-state index contributed by atoms with van der Waals surface area (Å²) < 4.78 is 39.9. The number of anilines is 1. The van der Waals surface area contributed by atoms with Gasteiger partial charge in [0.2, 0.25) is 5.91 Å². The largest absolute Gasteiger partial charge is 0.406 e. The summed E-state index contributed by atoms with van der Waals surface area (Å²) in [5.41, 5.74) is 7.22. The molecular weight excluding hydrogens is 383 g/mol. The van der Waals surface area contributed by atoms with Crippen LogP contribution in [0.15, 0.2) is 18.3 Å². The topological polar surface area (TPSA) is 60.5 Å². The fourth-order valence-corrected chi connectivity index (χ4v) is 5.35. The van der Waals surface area contributed by atoms with Gasteiger partial charge in [-0.1, -0.05) is 6.07 Å².